The number of hydrogen-bond acceptors (Lipinski definition) is 4. The molecule has 6 heteroatoms. The second-order valence-corrected chi connectivity index (χ2v) is 4.31. The molecule has 0 fully saturated rings. The normalized spacial score (nSPS) is 10.5. The lowest BCUT2D eigenvalue weighted by molar-refractivity contribution is 0.0506. The molecular weight excluding hydrogens is 286 g/mol. The molecule has 0 radical (unpaired) electrons. The van der Waals surface area contributed by atoms with Gasteiger partial charge in [0.2, 0.25) is 0 Å². The molecule has 1 heterocycles. The first-order valence-electron chi connectivity index (χ1n) is 5.01. The van der Waals surface area contributed by atoms with Crippen molar-refractivity contribution >= 4 is 15.9 Å². The number of halogens is 1. The minimum Gasteiger partial charge on any atom is -0.466 e. The topological polar surface area (TPSA) is 49.2 Å². The SMILES string of the molecule is COCOc1cc(-n2nncc2C)ccc1Br. The maximum absolute atomic E-state index is 5.43. The zero-order valence-corrected chi connectivity index (χ0v) is 11.1. The predicted octanol–water partition coefficient (Wildman–Crippen LogP) is 2.32. The highest BCUT2D eigenvalue weighted by molar-refractivity contribution is 9.10. The fourth-order valence-electron chi connectivity index (χ4n) is 1.40. The molecule has 0 aliphatic carbocycles. The van der Waals surface area contributed by atoms with Crippen molar-refractivity contribution in [1.82, 2.24) is 15.0 Å². The van der Waals surface area contributed by atoms with Gasteiger partial charge >= 0.3 is 0 Å². The molecule has 1 aromatic carbocycles. The van der Waals surface area contributed by atoms with Gasteiger partial charge in [-0.3, -0.25) is 0 Å². The molecule has 0 saturated carbocycles. The van der Waals surface area contributed by atoms with Gasteiger partial charge in [-0.15, -0.1) is 5.10 Å². The van der Waals surface area contributed by atoms with Crippen molar-refractivity contribution in [2.75, 3.05) is 13.9 Å². The van der Waals surface area contributed by atoms with Crippen LogP contribution < -0.4 is 4.74 Å². The van der Waals surface area contributed by atoms with E-state index in [4.69, 9.17) is 9.47 Å². The molecular formula is C11H12BrN3O2. The Hall–Kier alpha value is -1.40. The monoisotopic (exact) mass is 297 g/mol. The minimum absolute atomic E-state index is 0.207. The van der Waals surface area contributed by atoms with E-state index in [9.17, 15) is 0 Å². The number of aryl methyl sites for hydroxylation is 1. The predicted molar refractivity (Wildman–Crippen MR) is 66.3 cm³/mol. The van der Waals surface area contributed by atoms with Crippen molar-refractivity contribution in [3.63, 3.8) is 0 Å². The van der Waals surface area contributed by atoms with Gasteiger partial charge in [-0.25, -0.2) is 4.68 Å². The van der Waals surface area contributed by atoms with Crippen LogP contribution in [0.1, 0.15) is 5.69 Å². The first-order chi connectivity index (χ1) is 8.22. The summed E-state index contributed by atoms with van der Waals surface area (Å²) in [6.07, 6.45) is 1.71. The minimum atomic E-state index is 0.207. The second-order valence-electron chi connectivity index (χ2n) is 3.45. The third-order valence-electron chi connectivity index (χ3n) is 2.21. The molecule has 0 bridgehead atoms. The number of benzene rings is 1. The molecule has 90 valence electrons. The van der Waals surface area contributed by atoms with Crippen molar-refractivity contribution < 1.29 is 9.47 Å². The Balaban J connectivity index is 2.34. The quantitative estimate of drug-likeness (QED) is 0.813. The van der Waals surface area contributed by atoms with Gasteiger partial charge in [0, 0.05) is 13.2 Å². The molecule has 0 N–H and O–H groups in total. The van der Waals surface area contributed by atoms with Gasteiger partial charge in [0.05, 0.1) is 22.1 Å². The lowest BCUT2D eigenvalue weighted by Gasteiger charge is -2.09. The Bertz CT molecular complexity index is 513. The Labute approximate surface area is 107 Å². The van der Waals surface area contributed by atoms with Crippen molar-refractivity contribution in [2.45, 2.75) is 6.92 Å². The molecule has 2 rings (SSSR count). The highest BCUT2D eigenvalue weighted by Crippen LogP contribution is 2.27. The zero-order chi connectivity index (χ0) is 12.3. The van der Waals surface area contributed by atoms with Gasteiger partial charge in [-0.1, -0.05) is 5.21 Å². The van der Waals surface area contributed by atoms with E-state index in [0.717, 1.165) is 15.9 Å². The van der Waals surface area contributed by atoms with Crippen LogP contribution in [0.25, 0.3) is 5.69 Å². The van der Waals surface area contributed by atoms with E-state index in [0.29, 0.717) is 5.75 Å². The van der Waals surface area contributed by atoms with Gasteiger partial charge < -0.3 is 9.47 Å². The van der Waals surface area contributed by atoms with Crippen LogP contribution in [-0.4, -0.2) is 28.9 Å². The maximum atomic E-state index is 5.43. The van der Waals surface area contributed by atoms with Crippen molar-refractivity contribution in [3.8, 4) is 11.4 Å². The Morgan fingerprint density at radius 2 is 2.24 bits per heavy atom. The summed E-state index contributed by atoms with van der Waals surface area (Å²) in [5.41, 5.74) is 1.86. The third-order valence-corrected chi connectivity index (χ3v) is 2.87. The van der Waals surface area contributed by atoms with Gasteiger partial charge in [0.1, 0.15) is 5.75 Å². The number of hydrogen-bond donors (Lipinski definition) is 0. The van der Waals surface area contributed by atoms with Crippen LogP contribution in [0.2, 0.25) is 0 Å². The van der Waals surface area contributed by atoms with E-state index in [-0.39, 0.29) is 6.79 Å². The number of methoxy groups -OCH3 is 1. The highest BCUT2D eigenvalue weighted by Gasteiger charge is 2.07. The summed E-state index contributed by atoms with van der Waals surface area (Å²) in [7, 11) is 1.58. The Morgan fingerprint density at radius 1 is 1.41 bits per heavy atom. The summed E-state index contributed by atoms with van der Waals surface area (Å²) >= 11 is 3.42. The molecule has 0 aliphatic rings. The van der Waals surface area contributed by atoms with E-state index in [1.54, 1.807) is 18.0 Å². The summed E-state index contributed by atoms with van der Waals surface area (Å²) in [6.45, 7) is 2.15. The molecule has 17 heavy (non-hydrogen) atoms. The van der Waals surface area contributed by atoms with Crippen LogP contribution >= 0.6 is 15.9 Å². The maximum Gasteiger partial charge on any atom is 0.188 e. The summed E-state index contributed by atoms with van der Waals surface area (Å²) in [4.78, 5) is 0. The standard InChI is InChI=1S/C11H12BrN3O2/c1-8-6-13-14-15(8)9-3-4-10(12)11(5-9)17-7-16-2/h3-6H,7H2,1-2H3. The number of aromatic nitrogens is 3. The number of ether oxygens (including phenoxy) is 2. The second kappa shape index (κ2) is 5.29. The molecule has 2 aromatic rings. The first kappa shape index (κ1) is 12.1. The van der Waals surface area contributed by atoms with Gasteiger partial charge in [-0.05, 0) is 35.0 Å². The first-order valence-corrected chi connectivity index (χ1v) is 5.80. The van der Waals surface area contributed by atoms with Gasteiger partial charge in [0.25, 0.3) is 0 Å². The summed E-state index contributed by atoms with van der Waals surface area (Å²) < 4.78 is 12.9. The molecule has 0 spiro atoms. The van der Waals surface area contributed by atoms with E-state index in [1.807, 2.05) is 25.1 Å². The van der Waals surface area contributed by atoms with Crippen molar-refractivity contribution in [2.24, 2.45) is 0 Å². The van der Waals surface area contributed by atoms with E-state index >= 15 is 0 Å². The van der Waals surface area contributed by atoms with E-state index in [2.05, 4.69) is 26.2 Å². The molecule has 0 aliphatic heterocycles. The molecule has 0 unspecified atom stereocenters. The lowest BCUT2D eigenvalue weighted by Crippen LogP contribution is -2.02. The highest BCUT2D eigenvalue weighted by atomic mass is 79.9. The van der Waals surface area contributed by atoms with Gasteiger partial charge in [0.15, 0.2) is 6.79 Å². The average Bonchev–Trinajstić information content (AvgIpc) is 2.75. The van der Waals surface area contributed by atoms with Crippen LogP contribution in [0.4, 0.5) is 0 Å². The van der Waals surface area contributed by atoms with Crippen LogP contribution in [-0.2, 0) is 4.74 Å². The van der Waals surface area contributed by atoms with E-state index in [1.165, 1.54) is 0 Å². The van der Waals surface area contributed by atoms with Gasteiger partial charge in [-0.2, -0.15) is 0 Å². The fraction of sp³-hybridized carbons (Fsp3) is 0.273. The molecule has 0 atom stereocenters. The average molecular weight is 298 g/mol. The smallest absolute Gasteiger partial charge is 0.188 e. The molecule has 0 amide bonds. The van der Waals surface area contributed by atoms with Crippen LogP contribution in [0.5, 0.6) is 5.75 Å². The Kier molecular flexibility index (Phi) is 3.75. The van der Waals surface area contributed by atoms with Crippen LogP contribution in [0.3, 0.4) is 0 Å². The van der Waals surface area contributed by atoms with E-state index < -0.39 is 0 Å². The number of nitrogens with zero attached hydrogens (tertiary/aromatic N) is 3. The summed E-state index contributed by atoms with van der Waals surface area (Å²) in [5, 5.41) is 7.85. The molecule has 1 aromatic heterocycles. The van der Waals surface area contributed by atoms with Crippen molar-refractivity contribution in [3.05, 3.63) is 34.6 Å². The lowest BCUT2D eigenvalue weighted by atomic mass is 10.3. The Morgan fingerprint density at radius 3 is 2.88 bits per heavy atom. The van der Waals surface area contributed by atoms with Crippen LogP contribution in [0, 0.1) is 6.92 Å². The molecule has 0 saturated heterocycles. The summed E-state index contributed by atoms with van der Waals surface area (Å²) in [5.74, 6) is 0.708. The fourth-order valence-corrected chi connectivity index (χ4v) is 1.76. The number of rotatable bonds is 4. The zero-order valence-electron chi connectivity index (χ0n) is 9.55. The molecule has 5 nitrogen and oxygen atoms in total. The third kappa shape index (κ3) is 2.65. The van der Waals surface area contributed by atoms with Crippen molar-refractivity contribution in [1.29, 1.82) is 0 Å². The van der Waals surface area contributed by atoms with Crippen LogP contribution in [0.15, 0.2) is 28.9 Å². The summed E-state index contributed by atoms with van der Waals surface area (Å²) in [6, 6.07) is 5.72. The largest absolute Gasteiger partial charge is 0.466 e.